The molecule has 0 radical (unpaired) electrons. The fourth-order valence-corrected chi connectivity index (χ4v) is 2.38. The first-order valence-corrected chi connectivity index (χ1v) is 7.60. The minimum atomic E-state index is 0.0670. The van der Waals surface area contributed by atoms with Gasteiger partial charge in [-0.25, -0.2) is 0 Å². The van der Waals surface area contributed by atoms with E-state index in [2.05, 4.69) is 4.98 Å². The molecule has 21 heavy (non-hydrogen) atoms. The zero-order chi connectivity index (χ0) is 15.1. The molecule has 2 heterocycles. The molecule has 1 saturated heterocycles. The van der Waals surface area contributed by atoms with Gasteiger partial charge in [-0.15, -0.1) is 0 Å². The fourth-order valence-electron chi connectivity index (χ4n) is 2.38. The van der Waals surface area contributed by atoms with Gasteiger partial charge in [-0.05, 0) is 38.8 Å². The highest BCUT2D eigenvalue weighted by molar-refractivity contribution is 5.93. The molecule has 0 aliphatic carbocycles. The van der Waals surface area contributed by atoms with Crippen LogP contribution in [-0.4, -0.2) is 42.9 Å². The van der Waals surface area contributed by atoms with Crippen LogP contribution in [-0.2, 0) is 14.3 Å². The number of amides is 1. The SMILES string of the molecule is CC(C)OCCC(=O)N(C[C@@H]1CCCO1)c1ccncc1. The summed E-state index contributed by atoms with van der Waals surface area (Å²) in [6, 6.07) is 3.71. The number of ether oxygens (including phenoxy) is 2. The number of carbonyl (C=O) groups is 1. The summed E-state index contributed by atoms with van der Waals surface area (Å²) in [6.07, 6.45) is 6.15. The molecule has 0 aromatic carbocycles. The predicted octanol–water partition coefficient (Wildman–Crippen LogP) is 2.41. The smallest absolute Gasteiger partial charge is 0.229 e. The highest BCUT2D eigenvalue weighted by Gasteiger charge is 2.23. The lowest BCUT2D eigenvalue weighted by Gasteiger charge is -2.25. The summed E-state index contributed by atoms with van der Waals surface area (Å²) >= 11 is 0. The van der Waals surface area contributed by atoms with Crippen molar-refractivity contribution in [3.63, 3.8) is 0 Å². The minimum absolute atomic E-state index is 0.0670. The van der Waals surface area contributed by atoms with Crippen molar-refractivity contribution < 1.29 is 14.3 Å². The molecule has 116 valence electrons. The highest BCUT2D eigenvalue weighted by Crippen LogP contribution is 2.19. The maximum Gasteiger partial charge on any atom is 0.229 e. The van der Waals surface area contributed by atoms with Gasteiger partial charge < -0.3 is 14.4 Å². The van der Waals surface area contributed by atoms with Gasteiger partial charge in [0.05, 0.1) is 31.8 Å². The standard InChI is InChI=1S/C16H24N2O3/c1-13(2)20-11-7-16(19)18(12-15-4-3-10-21-15)14-5-8-17-9-6-14/h5-6,8-9,13,15H,3-4,7,10-12H2,1-2H3/t15-/m0/s1. The van der Waals surface area contributed by atoms with Gasteiger partial charge in [0.2, 0.25) is 5.91 Å². The van der Waals surface area contributed by atoms with E-state index < -0.39 is 0 Å². The maximum atomic E-state index is 12.5. The second kappa shape index (κ2) is 8.10. The summed E-state index contributed by atoms with van der Waals surface area (Å²) in [5.41, 5.74) is 0.870. The van der Waals surface area contributed by atoms with Crippen molar-refractivity contribution in [1.82, 2.24) is 4.98 Å². The van der Waals surface area contributed by atoms with Gasteiger partial charge in [0.1, 0.15) is 0 Å². The number of pyridine rings is 1. The first-order valence-electron chi connectivity index (χ1n) is 7.60. The van der Waals surface area contributed by atoms with Gasteiger partial charge in [0.25, 0.3) is 0 Å². The normalized spacial score (nSPS) is 18.1. The van der Waals surface area contributed by atoms with Crippen LogP contribution in [0, 0.1) is 0 Å². The van der Waals surface area contributed by atoms with Crippen molar-refractivity contribution in [2.24, 2.45) is 0 Å². The van der Waals surface area contributed by atoms with Gasteiger partial charge in [-0.2, -0.15) is 0 Å². The molecule has 0 saturated carbocycles. The Morgan fingerprint density at radius 3 is 2.86 bits per heavy atom. The lowest BCUT2D eigenvalue weighted by molar-refractivity contribution is -0.120. The van der Waals surface area contributed by atoms with Crippen LogP contribution < -0.4 is 4.90 Å². The van der Waals surface area contributed by atoms with E-state index >= 15 is 0 Å². The first kappa shape index (κ1) is 15.9. The fraction of sp³-hybridized carbons (Fsp3) is 0.625. The molecule has 1 aromatic heterocycles. The number of carbonyl (C=O) groups excluding carboxylic acids is 1. The van der Waals surface area contributed by atoms with Crippen LogP contribution in [0.5, 0.6) is 0 Å². The molecule has 1 aliphatic rings. The van der Waals surface area contributed by atoms with Crippen LogP contribution in [0.15, 0.2) is 24.5 Å². The average Bonchev–Trinajstić information content (AvgIpc) is 2.98. The van der Waals surface area contributed by atoms with Crippen molar-refractivity contribution >= 4 is 11.6 Å². The number of aromatic nitrogens is 1. The summed E-state index contributed by atoms with van der Waals surface area (Å²) < 4.78 is 11.1. The summed E-state index contributed by atoms with van der Waals surface area (Å²) in [5.74, 6) is 0.0670. The second-order valence-corrected chi connectivity index (χ2v) is 5.51. The van der Waals surface area contributed by atoms with Gasteiger partial charge in [0, 0.05) is 24.7 Å². The Morgan fingerprint density at radius 1 is 1.48 bits per heavy atom. The third kappa shape index (κ3) is 5.10. The Bertz CT molecular complexity index is 430. The van der Waals surface area contributed by atoms with Gasteiger partial charge in [0.15, 0.2) is 0 Å². The monoisotopic (exact) mass is 292 g/mol. The molecule has 0 bridgehead atoms. The number of nitrogens with zero attached hydrogens (tertiary/aromatic N) is 2. The third-order valence-electron chi connectivity index (χ3n) is 3.45. The highest BCUT2D eigenvalue weighted by atomic mass is 16.5. The lowest BCUT2D eigenvalue weighted by Crippen LogP contribution is -2.38. The van der Waals surface area contributed by atoms with E-state index in [0.29, 0.717) is 19.6 Å². The van der Waals surface area contributed by atoms with Crippen LogP contribution in [0.2, 0.25) is 0 Å². The third-order valence-corrected chi connectivity index (χ3v) is 3.45. The number of anilines is 1. The molecule has 1 amide bonds. The quantitative estimate of drug-likeness (QED) is 0.774. The van der Waals surface area contributed by atoms with E-state index in [9.17, 15) is 4.79 Å². The molecule has 5 nitrogen and oxygen atoms in total. The zero-order valence-electron chi connectivity index (χ0n) is 12.8. The summed E-state index contributed by atoms with van der Waals surface area (Å²) in [4.78, 5) is 18.3. The van der Waals surface area contributed by atoms with E-state index in [-0.39, 0.29) is 18.1 Å². The maximum absolute atomic E-state index is 12.5. The summed E-state index contributed by atoms with van der Waals surface area (Å²) in [7, 11) is 0. The Morgan fingerprint density at radius 2 is 2.24 bits per heavy atom. The van der Waals surface area contributed by atoms with Crippen molar-refractivity contribution in [3.05, 3.63) is 24.5 Å². The van der Waals surface area contributed by atoms with Crippen LogP contribution >= 0.6 is 0 Å². The van der Waals surface area contributed by atoms with Crippen molar-refractivity contribution in [3.8, 4) is 0 Å². The van der Waals surface area contributed by atoms with E-state index in [1.165, 1.54) is 0 Å². The molecule has 0 unspecified atom stereocenters. The lowest BCUT2D eigenvalue weighted by atomic mass is 10.2. The minimum Gasteiger partial charge on any atom is -0.378 e. The molecular weight excluding hydrogens is 268 g/mol. The molecule has 5 heteroatoms. The largest absolute Gasteiger partial charge is 0.378 e. The predicted molar refractivity (Wildman–Crippen MR) is 81.3 cm³/mol. The van der Waals surface area contributed by atoms with Crippen LogP contribution in [0.4, 0.5) is 5.69 Å². The molecular formula is C16H24N2O3. The average molecular weight is 292 g/mol. The van der Waals surface area contributed by atoms with Gasteiger partial charge >= 0.3 is 0 Å². The van der Waals surface area contributed by atoms with Crippen molar-refractivity contribution in [1.29, 1.82) is 0 Å². The molecule has 1 atom stereocenters. The first-order chi connectivity index (χ1) is 10.2. The number of hydrogen-bond acceptors (Lipinski definition) is 4. The van der Waals surface area contributed by atoms with E-state index in [1.54, 1.807) is 17.3 Å². The Hall–Kier alpha value is -1.46. The molecule has 0 spiro atoms. The van der Waals surface area contributed by atoms with Gasteiger partial charge in [-0.1, -0.05) is 0 Å². The number of hydrogen-bond donors (Lipinski definition) is 0. The van der Waals surface area contributed by atoms with E-state index in [4.69, 9.17) is 9.47 Å². The van der Waals surface area contributed by atoms with Gasteiger partial charge in [-0.3, -0.25) is 9.78 Å². The van der Waals surface area contributed by atoms with Crippen LogP contribution in [0.3, 0.4) is 0 Å². The van der Waals surface area contributed by atoms with E-state index in [0.717, 1.165) is 25.1 Å². The molecule has 0 N–H and O–H groups in total. The van der Waals surface area contributed by atoms with E-state index in [1.807, 2.05) is 26.0 Å². The Kier molecular flexibility index (Phi) is 6.14. The zero-order valence-corrected chi connectivity index (χ0v) is 12.8. The molecule has 1 fully saturated rings. The van der Waals surface area contributed by atoms with Crippen LogP contribution in [0.25, 0.3) is 0 Å². The molecule has 2 rings (SSSR count). The van der Waals surface area contributed by atoms with Crippen molar-refractivity contribution in [2.45, 2.75) is 45.3 Å². The Labute approximate surface area is 126 Å². The second-order valence-electron chi connectivity index (χ2n) is 5.51. The molecule has 1 aliphatic heterocycles. The topological polar surface area (TPSA) is 51.7 Å². The van der Waals surface area contributed by atoms with Crippen molar-refractivity contribution in [2.75, 3.05) is 24.7 Å². The summed E-state index contributed by atoms with van der Waals surface area (Å²) in [5, 5.41) is 0. The number of rotatable bonds is 7. The van der Waals surface area contributed by atoms with Crippen LogP contribution in [0.1, 0.15) is 33.1 Å². The Balaban J connectivity index is 1.98. The molecule has 1 aromatic rings. The summed E-state index contributed by atoms with van der Waals surface area (Å²) in [6.45, 7) is 5.78.